The van der Waals surface area contributed by atoms with Crippen LogP contribution in [0.25, 0.3) is 6.08 Å². The molecule has 11 heteroatoms. The standard InChI is InChI=1S/C21H18ClN3O7/c1-12-15(8-13-4-7-18(19(9-13)30-2)32-11-20(26)31-3)21(27)24(23-12)17-10-14(22)5-6-16(17)25(28)29/h4-10H,11H2,1-3H3. The summed E-state index contributed by atoms with van der Waals surface area (Å²) in [6.45, 7) is 1.33. The topological polar surface area (TPSA) is 121 Å². The average molecular weight is 460 g/mol. The highest BCUT2D eigenvalue weighted by atomic mass is 35.5. The number of nitro groups is 1. The summed E-state index contributed by atoms with van der Waals surface area (Å²) in [5.74, 6) is -0.431. The number of hydrogen-bond acceptors (Lipinski definition) is 8. The van der Waals surface area contributed by atoms with Gasteiger partial charge in [0.25, 0.3) is 11.6 Å². The van der Waals surface area contributed by atoms with Crippen LogP contribution in [0.15, 0.2) is 47.1 Å². The summed E-state index contributed by atoms with van der Waals surface area (Å²) in [6, 6.07) is 8.76. The largest absolute Gasteiger partial charge is 0.493 e. The molecule has 0 aliphatic carbocycles. The third-order valence-electron chi connectivity index (χ3n) is 4.50. The van der Waals surface area contributed by atoms with Crippen molar-refractivity contribution in [2.75, 3.05) is 25.8 Å². The lowest BCUT2D eigenvalue weighted by Gasteiger charge is -2.12. The van der Waals surface area contributed by atoms with Crippen LogP contribution in [-0.2, 0) is 14.3 Å². The number of carbonyl (C=O) groups is 2. The number of nitrogens with zero attached hydrogens (tertiary/aromatic N) is 3. The number of benzene rings is 2. The fourth-order valence-electron chi connectivity index (χ4n) is 2.92. The van der Waals surface area contributed by atoms with Gasteiger partial charge in [-0.15, -0.1) is 0 Å². The van der Waals surface area contributed by atoms with Crippen molar-refractivity contribution in [1.29, 1.82) is 0 Å². The van der Waals surface area contributed by atoms with Crippen molar-refractivity contribution in [3.8, 4) is 11.5 Å². The molecular formula is C21H18ClN3O7. The fourth-order valence-corrected chi connectivity index (χ4v) is 3.09. The van der Waals surface area contributed by atoms with Crippen LogP contribution in [0.4, 0.5) is 11.4 Å². The Balaban J connectivity index is 1.92. The molecule has 0 bridgehead atoms. The molecule has 0 atom stereocenters. The minimum absolute atomic E-state index is 0.0283. The first-order chi connectivity index (χ1) is 15.2. The Labute approximate surface area is 187 Å². The molecule has 0 saturated carbocycles. The maximum absolute atomic E-state index is 13.0. The predicted octanol–water partition coefficient (Wildman–Crippen LogP) is 3.61. The zero-order valence-electron chi connectivity index (χ0n) is 17.3. The first kappa shape index (κ1) is 22.8. The van der Waals surface area contributed by atoms with Crippen molar-refractivity contribution >= 4 is 46.6 Å². The summed E-state index contributed by atoms with van der Waals surface area (Å²) in [5.41, 5.74) is 0.875. The number of anilines is 1. The molecule has 1 amide bonds. The monoisotopic (exact) mass is 459 g/mol. The molecule has 3 rings (SSSR count). The second kappa shape index (κ2) is 9.48. The van der Waals surface area contributed by atoms with Gasteiger partial charge in [0.15, 0.2) is 18.1 Å². The number of amides is 1. The third-order valence-corrected chi connectivity index (χ3v) is 4.73. The maximum atomic E-state index is 13.0. The Morgan fingerprint density at radius 1 is 1.22 bits per heavy atom. The summed E-state index contributed by atoms with van der Waals surface area (Å²) in [6.07, 6.45) is 1.57. The van der Waals surface area contributed by atoms with Crippen LogP contribution < -0.4 is 14.5 Å². The molecule has 1 heterocycles. The van der Waals surface area contributed by atoms with Gasteiger partial charge in [-0.25, -0.2) is 4.79 Å². The van der Waals surface area contributed by atoms with Gasteiger partial charge >= 0.3 is 5.97 Å². The molecule has 10 nitrogen and oxygen atoms in total. The van der Waals surface area contributed by atoms with Gasteiger partial charge in [-0.3, -0.25) is 14.9 Å². The highest BCUT2D eigenvalue weighted by molar-refractivity contribution is 6.33. The zero-order chi connectivity index (χ0) is 23.4. The second-order valence-corrected chi connectivity index (χ2v) is 6.96. The molecule has 2 aromatic carbocycles. The summed E-state index contributed by atoms with van der Waals surface area (Å²) >= 11 is 5.97. The van der Waals surface area contributed by atoms with Crippen molar-refractivity contribution in [2.45, 2.75) is 6.92 Å². The first-order valence-corrected chi connectivity index (χ1v) is 9.56. The number of methoxy groups -OCH3 is 2. The van der Waals surface area contributed by atoms with E-state index in [1.165, 1.54) is 32.4 Å². The number of esters is 1. The van der Waals surface area contributed by atoms with Crippen LogP contribution in [0.3, 0.4) is 0 Å². The van der Waals surface area contributed by atoms with E-state index in [0.717, 1.165) is 5.01 Å². The summed E-state index contributed by atoms with van der Waals surface area (Å²) in [7, 11) is 2.69. The lowest BCUT2D eigenvalue weighted by atomic mass is 10.1. The Hall–Kier alpha value is -3.92. The fraction of sp³-hybridized carbons (Fsp3) is 0.190. The first-order valence-electron chi connectivity index (χ1n) is 9.18. The van der Waals surface area contributed by atoms with Crippen LogP contribution in [0.1, 0.15) is 12.5 Å². The third kappa shape index (κ3) is 4.70. The van der Waals surface area contributed by atoms with E-state index in [1.807, 2.05) is 0 Å². The van der Waals surface area contributed by atoms with Crippen LogP contribution in [0, 0.1) is 10.1 Å². The molecule has 1 aliphatic rings. The molecule has 0 aromatic heterocycles. The van der Waals surface area contributed by atoms with Crippen LogP contribution in [0.5, 0.6) is 11.5 Å². The van der Waals surface area contributed by atoms with Crippen molar-refractivity contribution < 1.29 is 28.7 Å². The van der Waals surface area contributed by atoms with Crippen LogP contribution in [0.2, 0.25) is 5.02 Å². The molecule has 166 valence electrons. The summed E-state index contributed by atoms with van der Waals surface area (Å²) in [4.78, 5) is 35.1. The quantitative estimate of drug-likeness (QED) is 0.268. The number of ether oxygens (including phenoxy) is 3. The van der Waals surface area contributed by atoms with E-state index in [9.17, 15) is 19.7 Å². The zero-order valence-corrected chi connectivity index (χ0v) is 18.1. The molecule has 0 unspecified atom stereocenters. The lowest BCUT2D eigenvalue weighted by Crippen LogP contribution is -2.22. The normalized spacial score (nSPS) is 14.4. The van der Waals surface area contributed by atoms with E-state index < -0.39 is 16.8 Å². The van der Waals surface area contributed by atoms with Crippen molar-refractivity contribution in [1.82, 2.24) is 0 Å². The Morgan fingerprint density at radius 3 is 2.62 bits per heavy atom. The molecule has 0 radical (unpaired) electrons. The van der Waals surface area contributed by atoms with Crippen molar-refractivity contribution in [2.24, 2.45) is 5.10 Å². The van der Waals surface area contributed by atoms with Crippen LogP contribution in [-0.4, -0.2) is 43.3 Å². The van der Waals surface area contributed by atoms with E-state index >= 15 is 0 Å². The highest BCUT2D eigenvalue weighted by Gasteiger charge is 2.33. The molecule has 0 N–H and O–H groups in total. The van der Waals surface area contributed by atoms with Gasteiger partial charge < -0.3 is 14.2 Å². The number of hydrogen-bond donors (Lipinski definition) is 0. The second-order valence-electron chi connectivity index (χ2n) is 6.53. The van der Waals surface area contributed by atoms with Gasteiger partial charge in [-0.2, -0.15) is 10.1 Å². The smallest absolute Gasteiger partial charge is 0.343 e. The number of rotatable bonds is 7. The summed E-state index contributed by atoms with van der Waals surface area (Å²) < 4.78 is 15.2. The van der Waals surface area contributed by atoms with Gasteiger partial charge in [0.2, 0.25) is 0 Å². The molecule has 2 aromatic rings. The lowest BCUT2D eigenvalue weighted by molar-refractivity contribution is -0.384. The Bertz CT molecular complexity index is 1160. The van der Waals surface area contributed by atoms with Crippen molar-refractivity contribution in [3.05, 3.63) is 62.7 Å². The van der Waals surface area contributed by atoms with E-state index in [4.69, 9.17) is 21.1 Å². The SMILES string of the molecule is COC(=O)COc1ccc(C=C2C(=O)N(c3cc(Cl)ccc3[N+](=O)[O-])N=C2C)cc1OC. The molecule has 0 saturated heterocycles. The van der Waals surface area contributed by atoms with Gasteiger partial charge in [-0.1, -0.05) is 17.7 Å². The van der Waals surface area contributed by atoms with Crippen molar-refractivity contribution in [3.63, 3.8) is 0 Å². The summed E-state index contributed by atoms with van der Waals surface area (Å²) in [5, 5.41) is 16.7. The minimum atomic E-state index is -0.608. The Morgan fingerprint density at radius 2 is 1.97 bits per heavy atom. The highest BCUT2D eigenvalue weighted by Crippen LogP contribution is 2.35. The van der Waals surface area contributed by atoms with Gasteiger partial charge in [0.1, 0.15) is 5.69 Å². The number of nitro benzene ring substituents is 1. The number of carbonyl (C=O) groups excluding carboxylic acids is 2. The molecule has 0 spiro atoms. The number of hydrazone groups is 1. The molecular weight excluding hydrogens is 442 g/mol. The van der Waals surface area contributed by atoms with E-state index in [-0.39, 0.29) is 28.6 Å². The minimum Gasteiger partial charge on any atom is -0.493 e. The molecule has 32 heavy (non-hydrogen) atoms. The van der Waals surface area contributed by atoms with Gasteiger partial charge in [0.05, 0.1) is 30.4 Å². The average Bonchev–Trinajstić information content (AvgIpc) is 3.05. The molecule has 1 aliphatic heterocycles. The van der Waals surface area contributed by atoms with E-state index in [1.54, 1.807) is 31.2 Å². The van der Waals surface area contributed by atoms with E-state index in [0.29, 0.717) is 22.8 Å². The molecule has 0 fully saturated rings. The number of halogens is 1. The predicted molar refractivity (Wildman–Crippen MR) is 117 cm³/mol. The van der Waals surface area contributed by atoms with Crippen LogP contribution >= 0.6 is 11.6 Å². The Kier molecular flexibility index (Phi) is 6.74. The maximum Gasteiger partial charge on any atom is 0.343 e. The van der Waals surface area contributed by atoms with E-state index in [2.05, 4.69) is 9.84 Å². The van der Waals surface area contributed by atoms with Gasteiger partial charge in [0, 0.05) is 11.1 Å². The van der Waals surface area contributed by atoms with Gasteiger partial charge in [-0.05, 0) is 42.8 Å².